The van der Waals surface area contributed by atoms with E-state index < -0.39 is 11.7 Å². The van der Waals surface area contributed by atoms with Crippen molar-refractivity contribution >= 4 is 34.8 Å². The van der Waals surface area contributed by atoms with Gasteiger partial charge in [0.1, 0.15) is 30.0 Å². The molecule has 4 rings (SSSR count). The van der Waals surface area contributed by atoms with E-state index in [9.17, 15) is 4.79 Å². The largest absolute Gasteiger partial charge is 0.489 e. The molecule has 0 aliphatic carbocycles. The first-order valence-electron chi connectivity index (χ1n) is 14.1. The lowest BCUT2D eigenvalue weighted by Crippen LogP contribution is -2.34. The number of nitrogens with zero attached hydrogens (tertiary/aromatic N) is 4. The third-order valence-corrected chi connectivity index (χ3v) is 6.39. The van der Waals surface area contributed by atoms with Crippen LogP contribution in [0.4, 0.5) is 33.5 Å². The molecule has 4 aromatic rings. The Morgan fingerprint density at radius 1 is 0.907 bits per heavy atom. The molecule has 0 aliphatic rings. The van der Waals surface area contributed by atoms with E-state index in [4.69, 9.17) is 19.9 Å². The van der Waals surface area contributed by atoms with Crippen LogP contribution in [0.1, 0.15) is 31.9 Å². The summed E-state index contributed by atoms with van der Waals surface area (Å²) in [4.78, 5) is 25.5. The number of anilines is 5. The van der Waals surface area contributed by atoms with Crippen molar-refractivity contribution in [3.63, 3.8) is 0 Å². The van der Waals surface area contributed by atoms with Crippen molar-refractivity contribution < 1.29 is 19.0 Å². The first-order chi connectivity index (χ1) is 20.6. The molecule has 0 atom stereocenters. The Bertz CT molecular complexity index is 1440. The predicted molar refractivity (Wildman–Crippen MR) is 171 cm³/mol. The summed E-state index contributed by atoms with van der Waals surface area (Å²) in [6.45, 7) is 7.39. The van der Waals surface area contributed by atoms with E-state index in [-0.39, 0.29) is 0 Å². The van der Waals surface area contributed by atoms with Crippen molar-refractivity contribution in [1.82, 2.24) is 9.97 Å². The number of amides is 1. The Morgan fingerprint density at radius 3 is 2.12 bits per heavy atom. The van der Waals surface area contributed by atoms with E-state index in [1.54, 1.807) is 26.3 Å². The molecule has 10 heteroatoms. The minimum atomic E-state index is -0.657. The van der Waals surface area contributed by atoms with Gasteiger partial charge in [-0.15, -0.1) is 0 Å². The van der Waals surface area contributed by atoms with Crippen molar-refractivity contribution in [2.45, 2.75) is 39.5 Å². The molecule has 10 nitrogen and oxygen atoms in total. The molecule has 3 N–H and O–H groups in total. The number of hydrogen-bond donors (Lipinski definition) is 2. The third kappa shape index (κ3) is 8.83. The quantitative estimate of drug-likeness (QED) is 0.182. The van der Waals surface area contributed by atoms with E-state index in [1.807, 2.05) is 63.2 Å². The van der Waals surface area contributed by atoms with Crippen LogP contribution in [-0.2, 0) is 22.6 Å². The van der Waals surface area contributed by atoms with Gasteiger partial charge in [-0.25, -0.2) is 14.8 Å². The number of ether oxygens (including phenoxy) is 3. The summed E-state index contributed by atoms with van der Waals surface area (Å²) < 4.78 is 16.6. The Labute approximate surface area is 253 Å². The average molecular weight is 585 g/mol. The van der Waals surface area contributed by atoms with Gasteiger partial charge in [-0.3, -0.25) is 4.90 Å². The van der Waals surface area contributed by atoms with E-state index in [0.29, 0.717) is 60.8 Å². The van der Waals surface area contributed by atoms with Crippen molar-refractivity contribution in [1.29, 1.82) is 0 Å². The highest BCUT2D eigenvalue weighted by Crippen LogP contribution is 2.35. The lowest BCUT2D eigenvalue weighted by molar-refractivity contribution is 0.0588. The highest BCUT2D eigenvalue weighted by molar-refractivity contribution is 5.91. The number of nitrogens with one attached hydrogen (secondary N) is 1. The molecule has 226 valence electrons. The number of rotatable bonds is 12. The first-order valence-corrected chi connectivity index (χ1v) is 14.1. The molecule has 0 spiro atoms. The zero-order chi connectivity index (χ0) is 30.8. The number of carbonyl (C=O) groups excluding carboxylic acids is 1. The summed E-state index contributed by atoms with van der Waals surface area (Å²) in [6.07, 6.45) is 0.981. The summed E-state index contributed by atoms with van der Waals surface area (Å²) in [7, 11) is 3.24. The molecule has 0 fully saturated rings. The molecule has 0 unspecified atom stereocenters. The van der Waals surface area contributed by atoms with E-state index in [1.165, 1.54) is 11.2 Å². The van der Waals surface area contributed by atoms with Gasteiger partial charge in [0, 0.05) is 32.9 Å². The molecule has 0 saturated heterocycles. The van der Waals surface area contributed by atoms with Crippen LogP contribution >= 0.6 is 0 Å². The second kappa shape index (κ2) is 14.4. The minimum absolute atomic E-state index is 0.319. The van der Waals surface area contributed by atoms with Gasteiger partial charge >= 0.3 is 6.09 Å². The Kier molecular flexibility index (Phi) is 10.4. The van der Waals surface area contributed by atoms with Crippen LogP contribution in [0, 0.1) is 0 Å². The average Bonchev–Trinajstić information content (AvgIpc) is 2.98. The summed E-state index contributed by atoms with van der Waals surface area (Å²) >= 11 is 0. The van der Waals surface area contributed by atoms with Crippen LogP contribution in [0.5, 0.6) is 5.75 Å². The van der Waals surface area contributed by atoms with Crippen LogP contribution < -0.4 is 25.6 Å². The van der Waals surface area contributed by atoms with Gasteiger partial charge in [-0.2, -0.15) is 0 Å². The van der Waals surface area contributed by atoms with E-state index in [2.05, 4.69) is 44.5 Å². The fourth-order valence-electron chi connectivity index (χ4n) is 4.33. The maximum atomic E-state index is 12.9. The van der Waals surface area contributed by atoms with Crippen LogP contribution in [-0.4, -0.2) is 49.0 Å². The zero-order valence-electron chi connectivity index (χ0n) is 25.4. The normalized spacial score (nSPS) is 11.1. The van der Waals surface area contributed by atoms with Crippen molar-refractivity contribution in [2.75, 3.05) is 48.2 Å². The molecule has 0 saturated carbocycles. The molecule has 3 aromatic carbocycles. The third-order valence-electron chi connectivity index (χ3n) is 6.39. The molecule has 1 heterocycles. The van der Waals surface area contributed by atoms with Crippen LogP contribution in [0.25, 0.3) is 0 Å². The molecule has 1 amide bonds. The van der Waals surface area contributed by atoms with Crippen LogP contribution in [0.15, 0.2) is 85.2 Å². The second-order valence-electron chi connectivity index (χ2n) is 11.0. The maximum Gasteiger partial charge on any atom is 0.414 e. The van der Waals surface area contributed by atoms with Gasteiger partial charge in [0.2, 0.25) is 0 Å². The van der Waals surface area contributed by atoms with E-state index >= 15 is 0 Å². The van der Waals surface area contributed by atoms with Gasteiger partial charge in [0.15, 0.2) is 11.6 Å². The smallest absolute Gasteiger partial charge is 0.414 e. The summed E-state index contributed by atoms with van der Waals surface area (Å²) in [5, 5.41) is 3.31. The number of nitrogen functional groups attached to an aromatic ring is 1. The number of methoxy groups -OCH3 is 1. The van der Waals surface area contributed by atoms with Crippen molar-refractivity contribution in [2.24, 2.45) is 0 Å². The standard InChI is InChI=1S/C33H40N6O4/c1-33(2,3)43-32(40)38(4)27-20-26(16-17-28(27)42-19-18-41-5)37-30-29(34)31(36-23-35-30)39(21-24-12-8-6-9-13-24)22-25-14-10-7-11-15-25/h6-17,20,23H,18-19,21-22,34H2,1-5H3,(H,35,36,37). The van der Waals surface area contributed by atoms with Gasteiger partial charge in [0.05, 0.1) is 12.3 Å². The number of benzene rings is 3. The number of aromatic nitrogens is 2. The maximum absolute atomic E-state index is 12.9. The highest BCUT2D eigenvalue weighted by atomic mass is 16.6. The number of hydrogen-bond acceptors (Lipinski definition) is 9. The van der Waals surface area contributed by atoms with Gasteiger partial charge in [-0.05, 0) is 50.1 Å². The Balaban J connectivity index is 1.65. The topological polar surface area (TPSA) is 115 Å². The molecular weight excluding hydrogens is 544 g/mol. The molecule has 0 aliphatic heterocycles. The van der Waals surface area contributed by atoms with Crippen LogP contribution in [0.3, 0.4) is 0 Å². The first kappa shape index (κ1) is 31.1. The SMILES string of the molecule is COCCOc1ccc(Nc2ncnc(N(Cc3ccccc3)Cc3ccccc3)c2N)cc1N(C)C(=O)OC(C)(C)C. The molecule has 0 bridgehead atoms. The molecule has 0 radical (unpaired) electrons. The van der Waals surface area contributed by atoms with Gasteiger partial charge in [0.25, 0.3) is 0 Å². The van der Waals surface area contributed by atoms with Crippen molar-refractivity contribution in [3.8, 4) is 5.75 Å². The fraction of sp³-hybridized carbons (Fsp3) is 0.303. The number of nitrogens with two attached hydrogens (primary N) is 1. The predicted octanol–water partition coefficient (Wildman–Crippen LogP) is 6.41. The molecule has 43 heavy (non-hydrogen) atoms. The monoisotopic (exact) mass is 584 g/mol. The lowest BCUT2D eigenvalue weighted by Gasteiger charge is -2.27. The lowest BCUT2D eigenvalue weighted by atomic mass is 10.1. The Hall–Kier alpha value is -4.83. The molecule has 1 aromatic heterocycles. The van der Waals surface area contributed by atoms with Gasteiger partial charge in [-0.1, -0.05) is 60.7 Å². The van der Waals surface area contributed by atoms with Gasteiger partial charge < -0.3 is 30.2 Å². The van der Waals surface area contributed by atoms with Crippen molar-refractivity contribution in [3.05, 3.63) is 96.3 Å². The van der Waals surface area contributed by atoms with E-state index in [0.717, 1.165) is 11.1 Å². The minimum Gasteiger partial charge on any atom is -0.489 e. The molecular formula is C33H40N6O4. The fourth-order valence-corrected chi connectivity index (χ4v) is 4.33. The zero-order valence-corrected chi connectivity index (χ0v) is 25.4. The Morgan fingerprint density at radius 2 is 1.53 bits per heavy atom. The summed E-state index contributed by atoms with van der Waals surface area (Å²) in [6, 6.07) is 25.8. The van der Waals surface area contributed by atoms with Crippen LogP contribution in [0.2, 0.25) is 0 Å². The summed E-state index contributed by atoms with van der Waals surface area (Å²) in [5.74, 6) is 1.55. The highest BCUT2D eigenvalue weighted by Gasteiger charge is 2.24. The second-order valence-corrected chi connectivity index (χ2v) is 11.0. The number of carbonyl (C=O) groups is 1. The summed E-state index contributed by atoms with van der Waals surface area (Å²) in [5.41, 5.74) is 9.88.